The van der Waals surface area contributed by atoms with Crippen LogP contribution in [0.25, 0.3) is 0 Å². The van der Waals surface area contributed by atoms with Gasteiger partial charge < -0.3 is 9.64 Å². The highest BCUT2D eigenvalue weighted by Gasteiger charge is 2.55. The molecule has 1 aromatic rings. The first-order valence-electron chi connectivity index (χ1n) is 8.70. The Morgan fingerprint density at radius 2 is 1.88 bits per heavy atom. The maximum absolute atomic E-state index is 12.8. The first kappa shape index (κ1) is 18.6. The minimum Gasteiger partial charge on any atom is -0.456 e. The summed E-state index contributed by atoms with van der Waals surface area (Å²) < 4.78 is 4.99. The molecule has 3 rings (SSSR count). The van der Waals surface area contributed by atoms with E-state index < -0.39 is 30.7 Å². The summed E-state index contributed by atoms with van der Waals surface area (Å²) in [5.74, 6) is -1.38. The monoisotopic (exact) mass is 378 g/mol. The fourth-order valence-corrected chi connectivity index (χ4v) is 4.44. The number of Topliss-reactive ketones (excluding diaryl/α,β-unsaturated/α-hetero) is 1. The Labute approximate surface area is 155 Å². The maximum Gasteiger partial charge on any atom is 0.327 e. The number of nitrogens with zero attached hydrogens (tertiary/aromatic N) is 2. The highest BCUT2D eigenvalue weighted by Crippen LogP contribution is 2.39. The van der Waals surface area contributed by atoms with Crippen molar-refractivity contribution in [2.75, 3.05) is 20.2 Å². The molecule has 3 amide bonds. The summed E-state index contributed by atoms with van der Waals surface area (Å²) in [6.07, 6.45) is 4.06. The summed E-state index contributed by atoms with van der Waals surface area (Å²) in [5, 5.41) is 0. The lowest BCUT2D eigenvalue weighted by Crippen LogP contribution is -2.49. The summed E-state index contributed by atoms with van der Waals surface area (Å²) >= 11 is 1.33. The molecule has 7 nitrogen and oxygen atoms in total. The van der Waals surface area contributed by atoms with Gasteiger partial charge in [-0.15, -0.1) is 11.3 Å². The number of ketones is 1. The van der Waals surface area contributed by atoms with Crippen LogP contribution in [-0.2, 0) is 14.3 Å². The number of carbonyl (C=O) groups excluding carboxylic acids is 4. The van der Waals surface area contributed by atoms with Crippen LogP contribution in [0.5, 0.6) is 0 Å². The Morgan fingerprint density at radius 1 is 1.19 bits per heavy atom. The zero-order valence-electron chi connectivity index (χ0n) is 14.9. The predicted octanol–water partition coefficient (Wildman–Crippen LogP) is 2.38. The third-order valence-corrected chi connectivity index (χ3v) is 6.19. The van der Waals surface area contributed by atoms with Gasteiger partial charge in [-0.25, -0.2) is 4.79 Å². The quantitative estimate of drug-likeness (QED) is 0.446. The van der Waals surface area contributed by atoms with E-state index in [0.717, 1.165) is 29.0 Å². The molecule has 1 spiro atoms. The minimum atomic E-state index is -0.820. The average molecular weight is 378 g/mol. The molecule has 0 bridgehead atoms. The van der Waals surface area contributed by atoms with Crippen LogP contribution in [0.4, 0.5) is 4.79 Å². The molecular formula is C18H22N2O5S. The first-order valence-corrected chi connectivity index (χ1v) is 9.52. The van der Waals surface area contributed by atoms with Gasteiger partial charge in [0.15, 0.2) is 6.61 Å². The van der Waals surface area contributed by atoms with Crippen molar-refractivity contribution in [3.63, 3.8) is 0 Å². The van der Waals surface area contributed by atoms with Gasteiger partial charge in [-0.05, 0) is 31.9 Å². The molecule has 2 heterocycles. The fraction of sp³-hybridized carbons (Fsp3) is 0.556. The Hall–Kier alpha value is -2.22. The molecule has 0 unspecified atom stereocenters. The highest BCUT2D eigenvalue weighted by molar-refractivity contribution is 7.14. The van der Waals surface area contributed by atoms with Crippen LogP contribution in [0.3, 0.4) is 0 Å². The van der Waals surface area contributed by atoms with Crippen molar-refractivity contribution in [2.45, 2.75) is 44.6 Å². The number of ether oxygens (including phenoxy) is 1. The van der Waals surface area contributed by atoms with Crippen LogP contribution in [0, 0.1) is 6.92 Å². The Bertz CT molecular complexity index is 751. The average Bonchev–Trinajstić information content (AvgIpc) is 3.14. The molecule has 1 saturated carbocycles. The van der Waals surface area contributed by atoms with E-state index in [0.29, 0.717) is 17.7 Å². The van der Waals surface area contributed by atoms with Crippen molar-refractivity contribution in [1.29, 1.82) is 0 Å². The van der Waals surface area contributed by atoms with Crippen LogP contribution in [0.15, 0.2) is 12.1 Å². The molecule has 0 aromatic carbocycles. The van der Waals surface area contributed by atoms with Crippen molar-refractivity contribution in [2.24, 2.45) is 0 Å². The fourth-order valence-electron chi connectivity index (χ4n) is 3.65. The lowest BCUT2D eigenvalue weighted by Gasteiger charge is -2.35. The molecule has 1 aromatic heterocycles. The van der Waals surface area contributed by atoms with Gasteiger partial charge in [0.2, 0.25) is 5.78 Å². The molecular weight excluding hydrogens is 356 g/mol. The molecule has 2 fully saturated rings. The van der Waals surface area contributed by atoms with Crippen LogP contribution in [0.1, 0.15) is 46.7 Å². The second-order valence-corrected chi connectivity index (χ2v) is 8.11. The Balaban J connectivity index is 1.59. The van der Waals surface area contributed by atoms with E-state index in [1.54, 1.807) is 13.1 Å². The van der Waals surface area contributed by atoms with Crippen molar-refractivity contribution in [3.05, 3.63) is 21.9 Å². The van der Waals surface area contributed by atoms with Crippen LogP contribution in [-0.4, -0.2) is 59.2 Å². The van der Waals surface area contributed by atoms with Gasteiger partial charge in [0.25, 0.3) is 5.91 Å². The second-order valence-electron chi connectivity index (χ2n) is 6.82. The minimum absolute atomic E-state index is 0.295. The van der Waals surface area contributed by atoms with E-state index in [4.69, 9.17) is 4.74 Å². The van der Waals surface area contributed by atoms with E-state index in [-0.39, 0.29) is 11.7 Å². The smallest absolute Gasteiger partial charge is 0.327 e. The summed E-state index contributed by atoms with van der Waals surface area (Å²) in [6.45, 7) is 1.03. The number of hydrogen-bond acceptors (Lipinski definition) is 6. The molecule has 2 aliphatic rings. The molecule has 1 aliphatic carbocycles. The summed E-state index contributed by atoms with van der Waals surface area (Å²) in [7, 11) is 1.61. The zero-order chi connectivity index (χ0) is 18.9. The van der Waals surface area contributed by atoms with E-state index in [1.807, 2.05) is 13.0 Å². The zero-order valence-corrected chi connectivity index (χ0v) is 15.8. The van der Waals surface area contributed by atoms with Gasteiger partial charge in [0.1, 0.15) is 12.1 Å². The van der Waals surface area contributed by atoms with Gasteiger partial charge >= 0.3 is 12.0 Å². The number of likely N-dealkylation sites (N-methyl/N-ethyl adjacent to an activating group) is 1. The van der Waals surface area contributed by atoms with Crippen molar-refractivity contribution in [3.8, 4) is 0 Å². The molecule has 0 atom stereocenters. The number of carbonyl (C=O) groups is 4. The number of urea groups is 1. The van der Waals surface area contributed by atoms with Gasteiger partial charge in [0, 0.05) is 11.9 Å². The van der Waals surface area contributed by atoms with E-state index in [9.17, 15) is 19.2 Å². The number of imide groups is 1. The van der Waals surface area contributed by atoms with Crippen LogP contribution in [0.2, 0.25) is 0 Å². The summed E-state index contributed by atoms with van der Waals surface area (Å²) in [5.41, 5.74) is -0.820. The third kappa shape index (κ3) is 3.25. The van der Waals surface area contributed by atoms with E-state index in [1.165, 1.54) is 16.2 Å². The van der Waals surface area contributed by atoms with Gasteiger partial charge in [-0.3, -0.25) is 19.3 Å². The van der Waals surface area contributed by atoms with Gasteiger partial charge in [0.05, 0.1) is 4.88 Å². The standard InChI is InChI=1S/C18H22N2O5S/c1-12-6-7-14(26-12)13(21)11-25-15(22)10-20-16(23)18(19(2)17(20)24)8-4-3-5-9-18/h6-7H,3-5,8-11H2,1-2H3. The number of esters is 1. The number of rotatable bonds is 5. The molecule has 1 aliphatic heterocycles. The molecule has 0 N–H and O–H groups in total. The number of hydrogen-bond donors (Lipinski definition) is 0. The van der Waals surface area contributed by atoms with E-state index >= 15 is 0 Å². The van der Waals surface area contributed by atoms with E-state index in [2.05, 4.69) is 0 Å². The Morgan fingerprint density at radius 3 is 2.50 bits per heavy atom. The maximum atomic E-state index is 12.8. The summed E-state index contributed by atoms with van der Waals surface area (Å²) in [6, 6.07) is 3.03. The number of aryl methyl sites for hydroxylation is 1. The SMILES string of the molecule is Cc1ccc(C(=O)COC(=O)CN2C(=O)N(C)C3(CCCCC3)C2=O)s1. The lowest BCUT2D eigenvalue weighted by atomic mass is 9.81. The largest absolute Gasteiger partial charge is 0.456 e. The van der Waals surface area contributed by atoms with Crippen molar-refractivity contribution < 1.29 is 23.9 Å². The van der Waals surface area contributed by atoms with Gasteiger partial charge in [-0.2, -0.15) is 0 Å². The number of amides is 3. The highest BCUT2D eigenvalue weighted by atomic mass is 32.1. The number of thiophene rings is 1. The Kier molecular flexibility index (Phi) is 5.13. The molecule has 8 heteroatoms. The normalized spacial score (nSPS) is 19.3. The molecule has 1 saturated heterocycles. The predicted molar refractivity (Wildman–Crippen MR) is 95.0 cm³/mol. The van der Waals surface area contributed by atoms with Gasteiger partial charge in [-0.1, -0.05) is 19.3 Å². The first-order chi connectivity index (χ1) is 12.3. The second kappa shape index (κ2) is 7.19. The van der Waals surface area contributed by atoms with Crippen molar-refractivity contribution >= 4 is 35.0 Å². The van der Waals surface area contributed by atoms with Crippen molar-refractivity contribution in [1.82, 2.24) is 9.80 Å². The topological polar surface area (TPSA) is 84.0 Å². The summed E-state index contributed by atoms with van der Waals surface area (Å²) in [4.78, 5) is 53.2. The molecule has 0 radical (unpaired) electrons. The molecule has 26 heavy (non-hydrogen) atoms. The third-order valence-electron chi connectivity index (χ3n) is 5.15. The molecule has 140 valence electrons. The van der Waals surface area contributed by atoms with Crippen LogP contribution >= 0.6 is 11.3 Å². The lowest BCUT2D eigenvalue weighted by molar-refractivity contribution is -0.147. The van der Waals surface area contributed by atoms with Crippen LogP contribution < -0.4 is 0 Å².